The number of rotatable bonds is 1. The fraction of sp³-hybridized carbons (Fsp3) is 0.231. The van der Waals surface area contributed by atoms with E-state index >= 15 is 0 Å². The highest BCUT2D eigenvalue weighted by molar-refractivity contribution is 6.32. The molecule has 0 N–H and O–H groups in total. The van der Waals surface area contributed by atoms with Crippen LogP contribution >= 0.6 is 23.2 Å². The molecule has 0 fully saturated rings. The molecular formula is C13H10Cl2FN3. The second-order valence-electron chi connectivity index (χ2n) is 4.51. The van der Waals surface area contributed by atoms with Gasteiger partial charge in [0, 0.05) is 23.7 Å². The van der Waals surface area contributed by atoms with Crippen LogP contribution in [0.2, 0.25) is 10.4 Å². The molecule has 2 heterocycles. The quantitative estimate of drug-likeness (QED) is 0.584. The summed E-state index contributed by atoms with van der Waals surface area (Å²) >= 11 is 12.0. The lowest BCUT2D eigenvalue weighted by Gasteiger charge is -2.18. The van der Waals surface area contributed by atoms with Crippen LogP contribution in [0.15, 0.2) is 24.3 Å². The van der Waals surface area contributed by atoms with Crippen molar-refractivity contribution in [3.05, 3.63) is 46.1 Å². The van der Waals surface area contributed by atoms with Gasteiger partial charge >= 0.3 is 0 Å². The van der Waals surface area contributed by atoms with E-state index in [4.69, 9.17) is 23.2 Å². The first-order chi connectivity index (χ1) is 9.06. The normalized spacial score (nSPS) is 17.7. The summed E-state index contributed by atoms with van der Waals surface area (Å²) in [5.74, 6) is 0.629. The Balaban J connectivity index is 2.11. The molecule has 0 radical (unpaired) electrons. The van der Waals surface area contributed by atoms with Crippen molar-refractivity contribution in [1.82, 2.24) is 9.97 Å². The second-order valence-corrected chi connectivity index (χ2v) is 5.20. The highest BCUT2D eigenvalue weighted by Gasteiger charge is 2.31. The summed E-state index contributed by atoms with van der Waals surface area (Å²) in [5.41, 5.74) is 1.74. The van der Waals surface area contributed by atoms with Crippen molar-refractivity contribution in [3.8, 4) is 0 Å². The van der Waals surface area contributed by atoms with Gasteiger partial charge < -0.3 is 4.90 Å². The van der Waals surface area contributed by atoms with E-state index in [1.54, 1.807) is 12.1 Å². The Morgan fingerprint density at radius 2 is 1.89 bits per heavy atom. The van der Waals surface area contributed by atoms with Crippen LogP contribution in [0.1, 0.15) is 18.4 Å². The van der Waals surface area contributed by atoms with Crippen LogP contribution in [0, 0.1) is 5.82 Å². The average molecular weight is 298 g/mol. The third-order valence-corrected chi connectivity index (χ3v) is 3.65. The van der Waals surface area contributed by atoms with Gasteiger partial charge in [-0.15, -0.1) is 0 Å². The van der Waals surface area contributed by atoms with E-state index in [1.165, 1.54) is 12.1 Å². The van der Waals surface area contributed by atoms with Crippen LogP contribution < -0.4 is 4.90 Å². The maximum Gasteiger partial charge on any atom is 0.225 e. The lowest BCUT2D eigenvalue weighted by molar-refractivity contribution is 0.627. The Labute approximate surface area is 120 Å². The zero-order valence-corrected chi connectivity index (χ0v) is 11.6. The molecule has 1 aromatic carbocycles. The van der Waals surface area contributed by atoms with Gasteiger partial charge in [-0.3, -0.25) is 0 Å². The molecule has 0 saturated carbocycles. The van der Waals surface area contributed by atoms with Gasteiger partial charge in [-0.1, -0.05) is 18.5 Å². The SMILES string of the molecule is C[C@H]1CN(c2ccc(F)cc2)c2nc(Cl)nc(Cl)c21. The summed E-state index contributed by atoms with van der Waals surface area (Å²) < 4.78 is 13.0. The van der Waals surface area contributed by atoms with Crippen molar-refractivity contribution in [1.29, 1.82) is 0 Å². The summed E-state index contributed by atoms with van der Waals surface area (Å²) in [4.78, 5) is 10.2. The molecule has 2 aromatic rings. The fourth-order valence-corrected chi connectivity index (χ4v) is 2.89. The van der Waals surface area contributed by atoms with Crippen LogP contribution in [-0.4, -0.2) is 16.5 Å². The monoisotopic (exact) mass is 297 g/mol. The van der Waals surface area contributed by atoms with Crippen molar-refractivity contribution in [3.63, 3.8) is 0 Å². The van der Waals surface area contributed by atoms with Crippen LogP contribution in [-0.2, 0) is 0 Å². The van der Waals surface area contributed by atoms with Gasteiger partial charge in [-0.2, -0.15) is 4.98 Å². The zero-order valence-electron chi connectivity index (χ0n) is 10.1. The fourth-order valence-electron chi connectivity index (χ4n) is 2.34. The Bertz CT molecular complexity index is 631. The third kappa shape index (κ3) is 2.15. The van der Waals surface area contributed by atoms with E-state index in [-0.39, 0.29) is 17.0 Å². The highest BCUT2D eigenvalue weighted by atomic mass is 35.5. The first-order valence-electron chi connectivity index (χ1n) is 5.82. The maximum absolute atomic E-state index is 13.0. The van der Waals surface area contributed by atoms with Crippen LogP contribution in [0.4, 0.5) is 15.9 Å². The summed E-state index contributed by atoms with van der Waals surface area (Å²) in [5, 5.41) is 0.497. The average Bonchev–Trinajstić information content (AvgIpc) is 2.67. The van der Waals surface area contributed by atoms with Crippen molar-refractivity contribution in [2.45, 2.75) is 12.8 Å². The minimum absolute atomic E-state index is 0.116. The zero-order chi connectivity index (χ0) is 13.6. The van der Waals surface area contributed by atoms with Gasteiger partial charge in [0.15, 0.2) is 0 Å². The van der Waals surface area contributed by atoms with E-state index in [2.05, 4.69) is 9.97 Å². The number of anilines is 2. The molecule has 3 nitrogen and oxygen atoms in total. The molecule has 1 aliphatic heterocycles. The van der Waals surface area contributed by atoms with Crippen molar-refractivity contribution < 1.29 is 4.39 Å². The summed E-state index contributed by atoms with van der Waals surface area (Å²) in [7, 11) is 0. The number of aromatic nitrogens is 2. The maximum atomic E-state index is 13.0. The molecular weight excluding hydrogens is 288 g/mol. The summed E-state index contributed by atoms with van der Waals surface area (Å²) in [6, 6.07) is 6.26. The molecule has 1 atom stereocenters. The summed E-state index contributed by atoms with van der Waals surface area (Å²) in [6.07, 6.45) is 0. The molecule has 19 heavy (non-hydrogen) atoms. The standard InChI is InChI=1S/C13H10Cl2FN3/c1-7-6-19(9-4-2-8(16)3-5-9)12-10(7)11(14)17-13(15)18-12/h2-5,7H,6H2,1H3/t7-/m0/s1. The molecule has 0 amide bonds. The predicted molar refractivity (Wildman–Crippen MR) is 73.9 cm³/mol. The molecule has 98 valence electrons. The van der Waals surface area contributed by atoms with Gasteiger partial charge in [-0.25, -0.2) is 9.37 Å². The number of nitrogens with zero attached hydrogens (tertiary/aromatic N) is 3. The van der Waals surface area contributed by atoms with Gasteiger partial charge in [0.05, 0.1) is 0 Å². The van der Waals surface area contributed by atoms with Crippen LogP contribution in [0.25, 0.3) is 0 Å². The van der Waals surface area contributed by atoms with Gasteiger partial charge in [0.2, 0.25) is 5.28 Å². The largest absolute Gasteiger partial charge is 0.325 e. The smallest absolute Gasteiger partial charge is 0.225 e. The molecule has 0 aliphatic carbocycles. The van der Waals surface area contributed by atoms with E-state index in [9.17, 15) is 4.39 Å². The van der Waals surface area contributed by atoms with Gasteiger partial charge in [0.25, 0.3) is 0 Å². The van der Waals surface area contributed by atoms with E-state index in [0.29, 0.717) is 11.0 Å². The lowest BCUT2D eigenvalue weighted by Crippen LogP contribution is -2.15. The Morgan fingerprint density at radius 1 is 1.21 bits per heavy atom. The van der Waals surface area contributed by atoms with Crippen molar-refractivity contribution in [2.75, 3.05) is 11.4 Å². The van der Waals surface area contributed by atoms with E-state index < -0.39 is 0 Å². The minimum atomic E-state index is -0.269. The van der Waals surface area contributed by atoms with Crippen molar-refractivity contribution >= 4 is 34.7 Å². The Kier molecular flexibility index (Phi) is 3.07. The second kappa shape index (κ2) is 4.62. The first-order valence-corrected chi connectivity index (χ1v) is 6.58. The Morgan fingerprint density at radius 3 is 2.58 bits per heavy atom. The molecule has 1 aliphatic rings. The van der Waals surface area contributed by atoms with E-state index in [1.807, 2.05) is 11.8 Å². The number of fused-ring (bicyclic) bond motifs is 1. The van der Waals surface area contributed by atoms with Crippen molar-refractivity contribution in [2.24, 2.45) is 0 Å². The lowest BCUT2D eigenvalue weighted by atomic mass is 10.1. The number of hydrogen-bond acceptors (Lipinski definition) is 3. The van der Waals surface area contributed by atoms with Crippen LogP contribution in [0.5, 0.6) is 0 Å². The van der Waals surface area contributed by atoms with Crippen LogP contribution in [0.3, 0.4) is 0 Å². The van der Waals surface area contributed by atoms with E-state index in [0.717, 1.165) is 17.8 Å². The molecule has 0 saturated heterocycles. The number of benzene rings is 1. The molecule has 1 aromatic heterocycles. The molecule has 0 spiro atoms. The van der Waals surface area contributed by atoms with Gasteiger partial charge in [-0.05, 0) is 35.9 Å². The Hall–Kier alpha value is -1.39. The summed E-state index contributed by atoms with van der Waals surface area (Å²) in [6.45, 7) is 2.77. The number of halogens is 3. The minimum Gasteiger partial charge on any atom is -0.325 e. The third-order valence-electron chi connectivity index (χ3n) is 3.19. The van der Waals surface area contributed by atoms with Gasteiger partial charge in [0.1, 0.15) is 16.8 Å². The predicted octanol–water partition coefficient (Wildman–Crippen LogP) is 4.18. The molecule has 3 rings (SSSR count). The first kappa shape index (κ1) is 12.6. The molecule has 0 bridgehead atoms. The molecule has 6 heteroatoms. The topological polar surface area (TPSA) is 29.0 Å². The molecule has 0 unspecified atom stereocenters. The highest BCUT2D eigenvalue weighted by Crippen LogP contribution is 2.42. The number of hydrogen-bond donors (Lipinski definition) is 0.